The fourth-order valence-corrected chi connectivity index (χ4v) is 6.27. The highest BCUT2D eigenvalue weighted by molar-refractivity contribution is 7.89. The monoisotopic (exact) mass is 438 g/mol. The Hall–Kier alpha value is -2.30. The second kappa shape index (κ2) is 8.60. The Labute approximate surface area is 173 Å². The van der Waals surface area contributed by atoms with Crippen molar-refractivity contribution in [1.29, 1.82) is 0 Å². The largest absolute Gasteiger partial charge is 0.466 e. The van der Waals surface area contributed by atoms with Crippen LogP contribution >= 0.6 is 11.3 Å². The third-order valence-corrected chi connectivity index (χ3v) is 7.78. The van der Waals surface area contributed by atoms with Crippen molar-refractivity contribution < 1.29 is 22.9 Å². The number of aryl methyl sites for hydroxylation is 1. The molecule has 8 nitrogen and oxygen atoms in total. The summed E-state index contributed by atoms with van der Waals surface area (Å²) >= 11 is 1.26. The smallest absolute Gasteiger partial charge is 0.306 e. The van der Waals surface area contributed by atoms with Gasteiger partial charge < -0.3 is 4.74 Å². The molecular formula is C19H22N2O6S2. The molecule has 1 aliphatic rings. The van der Waals surface area contributed by atoms with Crippen molar-refractivity contribution in [2.45, 2.75) is 37.2 Å². The predicted molar refractivity (Wildman–Crippen MR) is 108 cm³/mol. The Balaban J connectivity index is 2.04. The summed E-state index contributed by atoms with van der Waals surface area (Å²) in [5, 5.41) is 13.7. The van der Waals surface area contributed by atoms with E-state index in [0.29, 0.717) is 4.88 Å². The minimum absolute atomic E-state index is 0.0727. The van der Waals surface area contributed by atoms with E-state index in [4.69, 9.17) is 4.74 Å². The molecule has 2 aromatic rings. The van der Waals surface area contributed by atoms with Gasteiger partial charge in [0.05, 0.1) is 23.8 Å². The highest BCUT2D eigenvalue weighted by atomic mass is 32.2. The van der Waals surface area contributed by atoms with Gasteiger partial charge in [0, 0.05) is 16.3 Å². The maximum Gasteiger partial charge on any atom is 0.306 e. The number of thiophene rings is 1. The Morgan fingerprint density at radius 3 is 2.55 bits per heavy atom. The summed E-state index contributed by atoms with van der Waals surface area (Å²) in [5.74, 6) is -1.35. The Bertz CT molecular complexity index is 973. The second-order valence-electron chi connectivity index (χ2n) is 6.89. The van der Waals surface area contributed by atoms with E-state index < -0.39 is 38.9 Å². The summed E-state index contributed by atoms with van der Waals surface area (Å²) in [6.07, 6.45) is -0.207. The third-order valence-electron chi connectivity index (χ3n) is 4.97. The number of hydrogen-bond acceptors (Lipinski definition) is 7. The first-order chi connectivity index (χ1) is 13.8. The highest BCUT2D eigenvalue weighted by Gasteiger charge is 2.55. The molecule has 2 heterocycles. The van der Waals surface area contributed by atoms with Crippen LogP contribution in [0.2, 0.25) is 0 Å². The number of nitrogens with zero attached hydrogens (tertiary/aromatic N) is 2. The lowest BCUT2D eigenvalue weighted by molar-refractivity contribution is -0.532. The predicted octanol–water partition coefficient (Wildman–Crippen LogP) is 3.02. The van der Waals surface area contributed by atoms with Crippen LogP contribution in [0.5, 0.6) is 0 Å². The molecule has 3 atom stereocenters. The molecule has 1 saturated heterocycles. The molecule has 0 aliphatic carbocycles. The second-order valence-corrected chi connectivity index (χ2v) is 9.76. The van der Waals surface area contributed by atoms with E-state index in [9.17, 15) is 23.3 Å². The molecule has 0 radical (unpaired) electrons. The van der Waals surface area contributed by atoms with Gasteiger partial charge in [-0.25, -0.2) is 8.42 Å². The van der Waals surface area contributed by atoms with E-state index in [0.717, 1.165) is 5.56 Å². The van der Waals surface area contributed by atoms with E-state index in [-0.39, 0.29) is 24.5 Å². The molecule has 0 N–H and O–H groups in total. The number of rotatable bonds is 7. The molecule has 1 fully saturated rings. The maximum atomic E-state index is 13.4. The van der Waals surface area contributed by atoms with Gasteiger partial charge in [-0.15, -0.1) is 11.3 Å². The zero-order valence-electron chi connectivity index (χ0n) is 16.1. The molecule has 0 amide bonds. The lowest BCUT2D eigenvalue weighted by atomic mass is 9.95. The number of nitro groups is 1. The van der Waals surface area contributed by atoms with Gasteiger partial charge >= 0.3 is 5.97 Å². The quantitative estimate of drug-likeness (QED) is 0.374. The average molecular weight is 439 g/mol. The van der Waals surface area contributed by atoms with Crippen LogP contribution in [0.3, 0.4) is 0 Å². The van der Waals surface area contributed by atoms with Gasteiger partial charge in [-0.2, -0.15) is 4.31 Å². The molecule has 0 spiro atoms. The Kier molecular flexibility index (Phi) is 6.35. The van der Waals surface area contributed by atoms with E-state index in [2.05, 4.69) is 0 Å². The van der Waals surface area contributed by atoms with Crippen molar-refractivity contribution in [3.8, 4) is 0 Å². The normalized spacial score (nSPS) is 22.5. The van der Waals surface area contributed by atoms with Crippen molar-refractivity contribution in [3.05, 3.63) is 62.3 Å². The minimum Gasteiger partial charge on any atom is -0.466 e. The van der Waals surface area contributed by atoms with Gasteiger partial charge in [0.15, 0.2) is 0 Å². The number of carbonyl (C=O) groups is 1. The van der Waals surface area contributed by atoms with E-state index in [1.165, 1.54) is 27.8 Å². The van der Waals surface area contributed by atoms with Crippen molar-refractivity contribution in [1.82, 2.24) is 4.31 Å². The summed E-state index contributed by atoms with van der Waals surface area (Å²) in [6.45, 7) is 3.54. The summed E-state index contributed by atoms with van der Waals surface area (Å²) in [4.78, 5) is 24.1. The lowest BCUT2D eigenvalue weighted by Crippen LogP contribution is -2.35. The highest BCUT2D eigenvalue weighted by Crippen LogP contribution is 2.43. The first-order valence-electron chi connectivity index (χ1n) is 9.16. The van der Waals surface area contributed by atoms with Crippen molar-refractivity contribution in [2.24, 2.45) is 5.92 Å². The number of benzene rings is 1. The number of sulfonamides is 1. The summed E-state index contributed by atoms with van der Waals surface area (Å²) in [5.41, 5.74) is 0.906. The van der Waals surface area contributed by atoms with Gasteiger partial charge in [-0.3, -0.25) is 14.9 Å². The van der Waals surface area contributed by atoms with Gasteiger partial charge in [0.1, 0.15) is 6.04 Å². The summed E-state index contributed by atoms with van der Waals surface area (Å²) < 4.78 is 32.9. The lowest BCUT2D eigenvalue weighted by Gasteiger charge is -2.23. The molecule has 10 heteroatoms. The standard InChI is InChI=1S/C19H22N2O6S2/c1-3-27-17(22)11-14-12-20(29(25,26)15-8-6-13(2)7-9-15)19(18(14)21(23)24)16-5-4-10-28-16/h4-10,14,18-19H,3,11-12H2,1-2H3/t14-,18+,19-/m0/s1. The van der Waals surface area contributed by atoms with Gasteiger partial charge in [-0.05, 0) is 37.4 Å². The molecule has 1 aromatic carbocycles. The van der Waals surface area contributed by atoms with Gasteiger partial charge in [0.2, 0.25) is 16.1 Å². The van der Waals surface area contributed by atoms with Crippen LogP contribution in [-0.2, 0) is 19.6 Å². The van der Waals surface area contributed by atoms with Crippen LogP contribution in [0.1, 0.15) is 29.8 Å². The Morgan fingerprint density at radius 2 is 2.00 bits per heavy atom. The van der Waals surface area contributed by atoms with Crippen LogP contribution < -0.4 is 0 Å². The molecule has 0 bridgehead atoms. The SMILES string of the molecule is CCOC(=O)C[C@H]1CN(S(=O)(=O)c2ccc(C)cc2)[C@@H](c2cccs2)[C@@H]1[N+](=O)[O-]. The third kappa shape index (κ3) is 4.34. The number of carbonyl (C=O) groups excluding carboxylic acids is 1. The fraction of sp³-hybridized carbons (Fsp3) is 0.421. The zero-order chi connectivity index (χ0) is 21.2. The zero-order valence-corrected chi connectivity index (χ0v) is 17.7. The van der Waals surface area contributed by atoms with E-state index in [1.807, 2.05) is 6.92 Å². The molecule has 1 aliphatic heterocycles. The summed E-state index contributed by atoms with van der Waals surface area (Å²) in [6, 6.07) is 7.57. The van der Waals surface area contributed by atoms with Crippen LogP contribution in [0.15, 0.2) is 46.7 Å². The first kappa shape index (κ1) is 21.4. The van der Waals surface area contributed by atoms with Crippen molar-refractivity contribution in [2.75, 3.05) is 13.2 Å². The van der Waals surface area contributed by atoms with Crippen molar-refractivity contribution >= 4 is 27.3 Å². The van der Waals surface area contributed by atoms with E-state index >= 15 is 0 Å². The molecule has 3 rings (SSSR count). The first-order valence-corrected chi connectivity index (χ1v) is 11.5. The molecule has 29 heavy (non-hydrogen) atoms. The van der Waals surface area contributed by atoms with E-state index in [1.54, 1.807) is 36.6 Å². The summed E-state index contributed by atoms with van der Waals surface area (Å²) in [7, 11) is -3.99. The minimum atomic E-state index is -3.99. The molecule has 0 saturated carbocycles. The molecule has 1 aromatic heterocycles. The molecular weight excluding hydrogens is 416 g/mol. The molecule has 156 valence electrons. The van der Waals surface area contributed by atoms with Gasteiger partial charge in [-0.1, -0.05) is 23.8 Å². The van der Waals surface area contributed by atoms with Gasteiger partial charge in [0.25, 0.3) is 0 Å². The van der Waals surface area contributed by atoms with Crippen LogP contribution in [-0.4, -0.2) is 42.8 Å². The number of hydrogen-bond donors (Lipinski definition) is 0. The topological polar surface area (TPSA) is 107 Å². The van der Waals surface area contributed by atoms with Crippen LogP contribution in [0, 0.1) is 23.0 Å². The van der Waals surface area contributed by atoms with Crippen LogP contribution in [0.25, 0.3) is 0 Å². The molecule has 0 unspecified atom stereocenters. The number of ether oxygens (including phenoxy) is 1. The maximum absolute atomic E-state index is 13.4. The van der Waals surface area contributed by atoms with Crippen molar-refractivity contribution in [3.63, 3.8) is 0 Å². The Morgan fingerprint density at radius 1 is 1.31 bits per heavy atom. The number of esters is 1. The average Bonchev–Trinajstić information content (AvgIpc) is 3.29. The fourth-order valence-electron chi connectivity index (χ4n) is 3.65. The van der Waals surface area contributed by atoms with Crippen LogP contribution in [0.4, 0.5) is 0 Å².